The minimum absolute atomic E-state index is 0.709. The fraction of sp³-hybridized carbons (Fsp3) is 0.417. The fourth-order valence-electron chi connectivity index (χ4n) is 1.71. The predicted octanol–water partition coefficient (Wildman–Crippen LogP) is 0.973. The van der Waals surface area contributed by atoms with Crippen molar-refractivity contribution in [3.8, 4) is 0 Å². The third-order valence-electron chi connectivity index (χ3n) is 2.83. The van der Waals surface area contributed by atoms with Crippen molar-refractivity contribution >= 4 is 0 Å². The Morgan fingerprint density at radius 1 is 1.29 bits per heavy atom. The van der Waals surface area contributed by atoms with Gasteiger partial charge in [0.05, 0.1) is 18.4 Å². The lowest BCUT2D eigenvalue weighted by Gasteiger charge is -1.99. The van der Waals surface area contributed by atoms with Crippen LogP contribution in [0.25, 0.3) is 0 Å². The third kappa shape index (κ3) is 2.88. The van der Waals surface area contributed by atoms with Crippen molar-refractivity contribution in [2.75, 3.05) is 0 Å². The monoisotopic (exact) mass is 229 g/mol. The van der Waals surface area contributed by atoms with E-state index in [0.29, 0.717) is 6.04 Å². The second kappa shape index (κ2) is 4.63. The van der Waals surface area contributed by atoms with Crippen LogP contribution in [0.4, 0.5) is 0 Å². The van der Waals surface area contributed by atoms with Gasteiger partial charge < -0.3 is 5.32 Å². The number of rotatable bonds is 5. The molecule has 0 atom stereocenters. The van der Waals surface area contributed by atoms with Crippen molar-refractivity contribution in [3.63, 3.8) is 0 Å². The maximum Gasteiger partial charge on any atom is 0.0965 e. The Balaban J connectivity index is 1.59. The molecule has 2 aromatic rings. The Morgan fingerprint density at radius 3 is 2.88 bits per heavy atom. The zero-order valence-electron chi connectivity index (χ0n) is 9.58. The summed E-state index contributed by atoms with van der Waals surface area (Å²) in [7, 11) is 0. The second-order valence-corrected chi connectivity index (χ2v) is 4.42. The molecule has 5 heteroatoms. The minimum atomic E-state index is 0.709. The molecule has 0 bridgehead atoms. The maximum atomic E-state index is 4.15. The Hall–Kier alpha value is -1.75. The van der Waals surface area contributed by atoms with Crippen molar-refractivity contribution < 1.29 is 0 Å². The molecule has 1 aliphatic rings. The highest BCUT2D eigenvalue weighted by Gasteiger charge is 2.20. The third-order valence-corrected chi connectivity index (χ3v) is 2.83. The Bertz CT molecular complexity index is 475. The van der Waals surface area contributed by atoms with Crippen molar-refractivity contribution in [2.45, 2.75) is 32.0 Å². The topological polar surface area (TPSA) is 55.6 Å². The molecule has 1 saturated carbocycles. The summed E-state index contributed by atoms with van der Waals surface area (Å²) in [5.74, 6) is 0. The smallest absolute Gasteiger partial charge is 0.0965 e. The van der Waals surface area contributed by atoms with Crippen molar-refractivity contribution in [2.24, 2.45) is 0 Å². The summed E-state index contributed by atoms with van der Waals surface area (Å²) in [6.07, 6.45) is 8.18. The van der Waals surface area contributed by atoms with Crippen molar-refractivity contribution in [1.29, 1.82) is 0 Å². The zero-order chi connectivity index (χ0) is 11.5. The number of pyridine rings is 1. The lowest BCUT2D eigenvalue weighted by molar-refractivity contribution is 0.645. The van der Waals surface area contributed by atoms with Gasteiger partial charge in [0.1, 0.15) is 0 Å². The van der Waals surface area contributed by atoms with E-state index in [0.717, 1.165) is 18.8 Å². The summed E-state index contributed by atoms with van der Waals surface area (Å²) in [4.78, 5) is 3.99. The highest BCUT2D eigenvalue weighted by atomic mass is 15.4. The van der Waals surface area contributed by atoms with Gasteiger partial charge in [-0.25, -0.2) is 4.68 Å². The van der Waals surface area contributed by atoms with E-state index in [2.05, 4.69) is 20.6 Å². The summed E-state index contributed by atoms with van der Waals surface area (Å²) in [6, 6.07) is 4.69. The standard InChI is InChI=1S/C12H15N5/c1-2-11(1)14-7-12-9-17(16-15-12)8-10-3-5-13-6-4-10/h3-6,9,11,14H,1-2,7-8H2. The molecule has 0 aromatic carbocycles. The van der Waals surface area contributed by atoms with E-state index in [1.807, 2.05) is 23.0 Å². The van der Waals surface area contributed by atoms with Crippen molar-refractivity contribution in [1.82, 2.24) is 25.3 Å². The van der Waals surface area contributed by atoms with Gasteiger partial charge >= 0.3 is 0 Å². The molecular weight excluding hydrogens is 214 g/mol. The predicted molar refractivity (Wildman–Crippen MR) is 63.2 cm³/mol. The SMILES string of the molecule is c1cc(Cn2cc(CNC3CC3)nn2)ccn1. The highest BCUT2D eigenvalue weighted by Crippen LogP contribution is 2.18. The summed E-state index contributed by atoms with van der Waals surface area (Å²) >= 11 is 0. The van der Waals surface area contributed by atoms with Crippen LogP contribution in [-0.2, 0) is 13.1 Å². The molecule has 1 fully saturated rings. The molecule has 2 aromatic heterocycles. The lowest BCUT2D eigenvalue weighted by atomic mass is 10.3. The van der Waals surface area contributed by atoms with Crippen LogP contribution < -0.4 is 5.32 Å². The maximum absolute atomic E-state index is 4.15. The van der Waals surface area contributed by atoms with Gasteiger partial charge in [-0.15, -0.1) is 5.10 Å². The molecule has 1 N–H and O–H groups in total. The molecule has 2 heterocycles. The van der Waals surface area contributed by atoms with Crippen LogP contribution in [0.15, 0.2) is 30.7 Å². The van der Waals surface area contributed by atoms with E-state index in [-0.39, 0.29) is 0 Å². The molecule has 3 rings (SSSR count). The van der Waals surface area contributed by atoms with Crippen LogP contribution in [0.5, 0.6) is 0 Å². The summed E-state index contributed by atoms with van der Waals surface area (Å²) in [5, 5.41) is 11.7. The molecule has 88 valence electrons. The first-order valence-corrected chi connectivity index (χ1v) is 5.91. The molecule has 1 aliphatic carbocycles. The van der Waals surface area contributed by atoms with Gasteiger partial charge in [-0.1, -0.05) is 5.21 Å². The van der Waals surface area contributed by atoms with Crippen LogP contribution in [0.2, 0.25) is 0 Å². The van der Waals surface area contributed by atoms with E-state index in [1.165, 1.54) is 18.4 Å². The molecule has 0 amide bonds. The molecule has 0 saturated heterocycles. The van der Waals surface area contributed by atoms with Crippen LogP contribution in [0.3, 0.4) is 0 Å². The van der Waals surface area contributed by atoms with E-state index >= 15 is 0 Å². The highest BCUT2D eigenvalue weighted by molar-refractivity contribution is 5.10. The van der Waals surface area contributed by atoms with Crippen molar-refractivity contribution in [3.05, 3.63) is 42.0 Å². The van der Waals surface area contributed by atoms with E-state index in [4.69, 9.17) is 0 Å². The Kier molecular flexibility index (Phi) is 2.83. The molecule has 0 spiro atoms. The number of nitrogens with zero attached hydrogens (tertiary/aromatic N) is 4. The van der Waals surface area contributed by atoms with Gasteiger partial charge in [0.15, 0.2) is 0 Å². The van der Waals surface area contributed by atoms with Crippen LogP contribution in [0, 0.1) is 0 Å². The van der Waals surface area contributed by atoms with Crippen LogP contribution >= 0.6 is 0 Å². The van der Waals surface area contributed by atoms with E-state index in [1.54, 1.807) is 12.4 Å². The van der Waals surface area contributed by atoms with E-state index in [9.17, 15) is 0 Å². The summed E-state index contributed by atoms with van der Waals surface area (Å²) in [6.45, 7) is 1.57. The first-order valence-electron chi connectivity index (χ1n) is 5.91. The Morgan fingerprint density at radius 2 is 2.12 bits per heavy atom. The minimum Gasteiger partial charge on any atom is -0.308 e. The molecule has 0 unspecified atom stereocenters. The summed E-state index contributed by atoms with van der Waals surface area (Å²) in [5.41, 5.74) is 2.19. The lowest BCUT2D eigenvalue weighted by Crippen LogP contribution is -2.15. The largest absolute Gasteiger partial charge is 0.308 e. The van der Waals surface area contributed by atoms with Crippen LogP contribution in [-0.4, -0.2) is 26.0 Å². The van der Waals surface area contributed by atoms with Gasteiger partial charge in [-0.2, -0.15) is 0 Å². The first-order chi connectivity index (χ1) is 8.40. The van der Waals surface area contributed by atoms with Crippen LogP contribution in [0.1, 0.15) is 24.1 Å². The van der Waals surface area contributed by atoms with E-state index < -0.39 is 0 Å². The average Bonchev–Trinajstić information content (AvgIpc) is 3.09. The molecule has 17 heavy (non-hydrogen) atoms. The molecule has 0 aliphatic heterocycles. The van der Waals surface area contributed by atoms with Gasteiger partial charge in [-0.3, -0.25) is 4.98 Å². The number of hydrogen-bond donors (Lipinski definition) is 1. The molecule has 0 radical (unpaired) electrons. The van der Waals surface area contributed by atoms with Gasteiger partial charge in [0, 0.05) is 25.0 Å². The Labute approximate surface area is 99.9 Å². The second-order valence-electron chi connectivity index (χ2n) is 4.42. The quantitative estimate of drug-likeness (QED) is 0.830. The summed E-state index contributed by atoms with van der Waals surface area (Å²) < 4.78 is 1.86. The first kappa shape index (κ1) is 10.4. The molecule has 5 nitrogen and oxygen atoms in total. The molecular formula is C12H15N5. The number of nitrogens with one attached hydrogen (secondary N) is 1. The number of aromatic nitrogens is 4. The number of hydrogen-bond acceptors (Lipinski definition) is 4. The van der Waals surface area contributed by atoms with Gasteiger partial charge in [0.25, 0.3) is 0 Å². The zero-order valence-corrected chi connectivity index (χ0v) is 9.58. The average molecular weight is 229 g/mol. The normalized spacial score (nSPS) is 15.1. The fourth-order valence-corrected chi connectivity index (χ4v) is 1.71. The van der Waals surface area contributed by atoms with Gasteiger partial charge in [0.2, 0.25) is 0 Å². The van der Waals surface area contributed by atoms with Gasteiger partial charge in [-0.05, 0) is 30.5 Å².